The lowest BCUT2D eigenvalue weighted by Crippen LogP contribution is -2.23. The number of benzene rings is 1. The number of aromatic nitrogens is 1. The van der Waals surface area contributed by atoms with Crippen LogP contribution in [-0.2, 0) is 11.8 Å². The average Bonchev–Trinajstić information content (AvgIpc) is 3.01. The molecular formula is C18H27N3. The Morgan fingerprint density at radius 1 is 1.19 bits per heavy atom. The van der Waals surface area contributed by atoms with Crippen molar-refractivity contribution in [3.63, 3.8) is 0 Å². The van der Waals surface area contributed by atoms with E-state index in [1.54, 1.807) is 0 Å². The van der Waals surface area contributed by atoms with E-state index in [1.807, 2.05) is 6.07 Å². The zero-order chi connectivity index (χ0) is 15.0. The molecule has 1 aromatic carbocycles. The first-order valence-electron chi connectivity index (χ1n) is 8.08. The molecule has 1 aliphatic rings. The minimum absolute atomic E-state index is 0.133. The Morgan fingerprint density at radius 3 is 2.57 bits per heavy atom. The zero-order valence-corrected chi connectivity index (χ0v) is 13.5. The summed E-state index contributed by atoms with van der Waals surface area (Å²) >= 11 is 0. The quantitative estimate of drug-likeness (QED) is 0.845. The van der Waals surface area contributed by atoms with Crippen molar-refractivity contribution in [3.05, 3.63) is 29.5 Å². The van der Waals surface area contributed by atoms with Crippen LogP contribution in [0.15, 0.2) is 18.2 Å². The summed E-state index contributed by atoms with van der Waals surface area (Å²) in [6, 6.07) is 6.25. The van der Waals surface area contributed by atoms with Crippen molar-refractivity contribution in [2.75, 3.05) is 25.4 Å². The predicted molar refractivity (Wildman–Crippen MR) is 90.8 cm³/mol. The van der Waals surface area contributed by atoms with Gasteiger partial charge in [-0.1, -0.05) is 26.8 Å². The summed E-state index contributed by atoms with van der Waals surface area (Å²) in [5.74, 6) is 0. The smallest absolute Gasteiger partial charge is 0.0479 e. The van der Waals surface area contributed by atoms with Crippen molar-refractivity contribution in [3.8, 4) is 0 Å². The van der Waals surface area contributed by atoms with E-state index >= 15 is 0 Å². The topological polar surface area (TPSA) is 45.1 Å². The molecule has 21 heavy (non-hydrogen) atoms. The number of hydrogen-bond acceptors (Lipinski definition) is 2. The molecule has 0 aliphatic carbocycles. The van der Waals surface area contributed by atoms with E-state index in [0.29, 0.717) is 0 Å². The largest absolute Gasteiger partial charge is 0.399 e. The summed E-state index contributed by atoms with van der Waals surface area (Å²) in [6.07, 6.45) is 3.84. The fourth-order valence-corrected chi connectivity index (χ4v) is 3.45. The molecule has 0 bridgehead atoms. The molecule has 2 aromatic rings. The van der Waals surface area contributed by atoms with Crippen LogP contribution in [0.25, 0.3) is 10.9 Å². The van der Waals surface area contributed by atoms with E-state index in [0.717, 1.165) is 12.1 Å². The van der Waals surface area contributed by atoms with Crippen molar-refractivity contribution in [1.29, 1.82) is 0 Å². The van der Waals surface area contributed by atoms with Crippen molar-refractivity contribution >= 4 is 16.6 Å². The number of nitrogens with one attached hydrogen (secondary N) is 1. The van der Waals surface area contributed by atoms with Crippen LogP contribution in [0, 0.1) is 0 Å². The van der Waals surface area contributed by atoms with Gasteiger partial charge in [-0.25, -0.2) is 0 Å². The van der Waals surface area contributed by atoms with Crippen LogP contribution >= 0.6 is 0 Å². The SMILES string of the molecule is CC(C)(C)c1[nH]c2cc(N)ccc2c1CCN1CCCC1. The van der Waals surface area contributed by atoms with Gasteiger partial charge in [0.1, 0.15) is 0 Å². The van der Waals surface area contributed by atoms with Gasteiger partial charge >= 0.3 is 0 Å². The molecule has 3 nitrogen and oxygen atoms in total. The van der Waals surface area contributed by atoms with Gasteiger partial charge in [-0.2, -0.15) is 0 Å². The molecule has 3 N–H and O–H groups in total. The minimum atomic E-state index is 0.133. The number of fused-ring (bicyclic) bond motifs is 1. The van der Waals surface area contributed by atoms with Crippen LogP contribution < -0.4 is 5.73 Å². The van der Waals surface area contributed by atoms with Gasteiger partial charge in [0.15, 0.2) is 0 Å². The molecule has 3 heteroatoms. The fraction of sp³-hybridized carbons (Fsp3) is 0.556. The van der Waals surface area contributed by atoms with Crippen molar-refractivity contribution in [2.24, 2.45) is 0 Å². The first kappa shape index (κ1) is 14.5. The standard InChI is InChI=1S/C18H27N3/c1-18(2,3)17-15(8-11-21-9-4-5-10-21)14-7-6-13(19)12-16(14)20-17/h6-7,12,20H,4-5,8-11,19H2,1-3H3. The van der Waals surface area contributed by atoms with E-state index in [4.69, 9.17) is 5.73 Å². The second-order valence-electron chi connectivity index (χ2n) is 7.33. The summed E-state index contributed by atoms with van der Waals surface area (Å²) in [5, 5.41) is 1.34. The highest BCUT2D eigenvalue weighted by Crippen LogP contribution is 2.32. The molecule has 1 aromatic heterocycles. The van der Waals surface area contributed by atoms with Crippen LogP contribution in [0.2, 0.25) is 0 Å². The molecule has 0 unspecified atom stereocenters. The maximum Gasteiger partial charge on any atom is 0.0479 e. The number of nitrogens with zero attached hydrogens (tertiary/aromatic N) is 1. The van der Waals surface area contributed by atoms with Gasteiger partial charge in [-0.05, 0) is 50.0 Å². The second kappa shape index (κ2) is 5.38. The molecule has 0 radical (unpaired) electrons. The molecule has 3 rings (SSSR count). The van der Waals surface area contributed by atoms with E-state index < -0.39 is 0 Å². The molecule has 1 saturated heterocycles. The molecule has 0 saturated carbocycles. The summed E-state index contributed by atoms with van der Waals surface area (Å²) in [6.45, 7) is 10.5. The molecule has 114 valence electrons. The number of nitrogen functional groups attached to an aromatic ring is 1. The lowest BCUT2D eigenvalue weighted by atomic mass is 9.88. The van der Waals surface area contributed by atoms with E-state index in [-0.39, 0.29) is 5.41 Å². The molecule has 0 atom stereocenters. The number of H-pyrrole nitrogens is 1. The molecular weight excluding hydrogens is 258 g/mol. The van der Waals surface area contributed by atoms with Crippen LogP contribution in [-0.4, -0.2) is 29.5 Å². The van der Waals surface area contributed by atoms with Gasteiger partial charge in [-0.3, -0.25) is 0 Å². The minimum Gasteiger partial charge on any atom is -0.399 e. The Hall–Kier alpha value is -1.48. The third kappa shape index (κ3) is 2.93. The number of rotatable bonds is 3. The highest BCUT2D eigenvalue weighted by molar-refractivity contribution is 5.87. The van der Waals surface area contributed by atoms with E-state index in [1.165, 1.54) is 54.6 Å². The first-order valence-corrected chi connectivity index (χ1v) is 8.08. The van der Waals surface area contributed by atoms with Crippen LogP contribution in [0.5, 0.6) is 0 Å². The van der Waals surface area contributed by atoms with E-state index in [9.17, 15) is 0 Å². The first-order chi connectivity index (χ1) is 9.95. The Labute approximate surface area is 127 Å². The Kier molecular flexibility index (Phi) is 3.70. The number of anilines is 1. The fourth-order valence-electron chi connectivity index (χ4n) is 3.45. The number of aromatic amines is 1. The predicted octanol–water partition coefficient (Wildman–Crippen LogP) is 3.69. The maximum absolute atomic E-state index is 5.94. The summed E-state index contributed by atoms with van der Waals surface area (Å²) in [5.41, 5.74) is 10.9. The lowest BCUT2D eigenvalue weighted by molar-refractivity contribution is 0.343. The van der Waals surface area contributed by atoms with Crippen molar-refractivity contribution in [2.45, 2.75) is 45.4 Å². The normalized spacial score (nSPS) is 16.9. The highest BCUT2D eigenvalue weighted by Gasteiger charge is 2.23. The Morgan fingerprint density at radius 2 is 1.90 bits per heavy atom. The van der Waals surface area contributed by atoms with Crippen molar-refractivity contribution < 1.29 is 0 Å². The third-order valence-corrected chi connectivity index (χ3v) is 4.56. The van der Waals surface area contributed by atoms with Gasteiger partial charge in [0.05, 0.1) is 0 Å². The maximum atomic E-state index is 5.94. The number of hydrogen-bond donors (Lipinski definition) is 2. The second-order valence-corrected chi connectivity index (χ2v) is 7.33. The Balaban J connectivity index is 1.96. The zero-order valence-electron chi connectivity index (χ0n) is 13.5. The number of likely N-dealkylation sites (tertiary alicyclic amines) is 1. The molecule has 0 amide bonds. The van der Waals surface area contributed by atoms with Crippen LogP contribution in [0.4, 0.5) is 5.69 Å². The van der Waals surface area contributed by atoms with Gasteiger partial charge in [0, 0.05) is 34.2 Å². The Bertz CT molecular complexity index is 628. The molecule has 1 aliphatic heterocycles. The van der Waals surface area contributed by atoms with Gasteiger partial charge in [0.25, 0.3) is 0 Å². The van der Waals surface area contributed by atoms with Gasteiger partial charge < -0.3 is 15.6 Å². The molecule has 1 fully saturated rings. The van der Waals surface area contributed by atoms with Crippen LogP contribution in [0.3, 0.4) is 0 Å². The summed E-state index contributed by atoms with van der Waals surface area (Å²) in [7, 11) is 0. The van der Waals surface area contributed by atoms with Gasteiger partial charge in [0.2, 0.25) is 0 Å². The number of nitrogens with two attached hydrogens (primary N) is 1. The van der Waals surface area contributed by atoms with Crippen molar-refractivity contribution in [1.82, 2.24) is 9.88 Å². The lowest BCUT2D eigenvalue weighted by Gasteiger charge is -2.21. The monoisotopic (exact) mass is 285 g/mol. The highest BCUT2D eigenvalue weighted by atomic mass is 15.1. The summed E-state index contributed by atoms with van der Waals surface area (Å²) < 4.78 is 0. The third-order valence-electron chi connectivity index (χ3n) is 4.56. The van der Waals surface area contributed by atoms with Crippen LogP contribution in [0.1, 0.15) is 44.9 Å². The molecule has 0 spiro atoms. The molecule has 2 heterocycles. The van der Waals surface area contributed by atoms with E-state index in [2.05, 4.69) is 42.8 Å². The van der Waals surface area contributed by atoms with Gasteiger partial charge in [-0.15, -0.1) is 0 Å². The average molecular weight is 285 g/mol. The summed E-state index contributed by atoms with van der Waals surface area (Å²) in [4.78, 5) is 6.21.